The number of hydrogen-bond acceptors (Lipinski definition) is 2. The molecule has 1 aromatic carbocycles. The number of aromatic amines is 1. The van der Waals surface area contributed by atoms with Crippen LogP contribution in [0.4, 0.5) is 0 Å². The van der Waals surface area contributed by atoms with Gasteiger partial charge in [0.25, 0.3) is 0 Å². The van der Waals surface area contributed by atoms with Crippen LogP contribution in [0.3, 0.4) is 0 Å². The van der Waals surface area contributed by atoms with Crippen molar-refractivity contribution in [2.75, 3.05) is 13.1 Å². The van der Waals surface area contributed by atoms with Crippen LogP contribution in [0.1, 0.15) is 49.7 Å². The van der Waals surface area contributed by atoms with Gasteiger partial charge >= 0.3 is 0 Å². The summed E-state index contributed by atoms with van der Waals surface area (Å²) in [5.41, 5.74) is 4.27. The molecule has 1 unspecified atom stereocenters. The van der Waals surface area contributed by atoms with Crippen LogP contribution in [-0.4, -0.2) is 34.1 Å². The van der Waals surface area contributed by atoms with E-state index in [2.05, 4.69) is 53.8 Å². The van der Waals surface area contributed by atoms with E-state index in [9.17, 15) is 4.79 Å². The molecule has 0 spiro atoms. The number of piperidine rings is 1. The molecule has 1 aromatic heterocycles. The summed E-state index contributed by atoms with van der Waals surface area (Å²) in [5.74, 6) is 1.20. The highest BCUT2D eigenvalue weighted by Crippen LogP contribution is 2.45. The van der Waals surface area contributed by atoms with Gasteiger partial charge < -0.3 is 4.98 Å². The van der Waals surface area contributed by atoms with Crippen molar-refractivity contribution < 1.29 is 4.79 Å². The van der Waals surface area contributed by atoms with Crippen LogP contribution < -0.4 is 0 Å². The van der Waals surface area contributed by atoms with E-state index >= 15 is 0 Å². The van der Waals surface area contributed by atoms with Crippen molar-refractivity contribution in [2.45, 2.75) is 51.0 Å². The van der Waals surface area contributed by atoms with Gasteiger partial charge in [-0.05, 0) is 55.3 Å². The Labute approximate surface area is 149 Å². The first-order valence-electron chi connectivity index (χ1n) is 9.22. The first kappa shape index (κ1) is 16.2. The largest absolute Gasteiger partial charge is 0.361 e. The average Bonchev–Trinajstić information content (AvgIpc) is 2.99. The maximum absolute atomic E-state index is 11.3. The van der Waals surface area contributed by atoms with Crippen molar-refractivity contribution in [2.24, 2.45) is 5.92 Å². The lowest BCUT2D eigenvalue weighted by atomic mass is 9.71. The first-order valence-corrected chi connectivity index (χ1v) is 9.66. The molecule has 0 amide bonds. The summed E-state index contributed by atoms with van der Waals surface area (Å²) in [5, 5.41) is 1.49. The van der Waals surface area contributed by atoms with E-state index in [4.69, 9.17) is 0 Å². The minimum absolute atomic E-state index is 0.0258. The fourth-order valence-corrected chi connectivity index (χ4v) is 5.11. The molecule has 1 fully saturated rings. The topological polar surface area (TPSA) is 36.1 Å². The molecule has 4 heteroatoms. The lowest BCUT2D eigenvalue weighted by molar-refractivity contribution is -0.111. The van der Waals surface area contributed by atoms with Crippen LogP contribution in [0.5, 0.6) is 0 Å². The van der Waals surface area contributed by atoms with Gasteiger partial charge in [0.15, 0.2) is 5.12 Å². The Morgan fingerprint density at radius 2 is 2.29 bits per heavy atom. The number of thiol groups is 1. The normalized spacial score (nSPS) is 26.5. The van der Waals surface area contributed by atoms with E-state index in [-0.39, 0.29) is 5.12 Å². The predicted octanol–water partition coefficient (Wildman–Crippen LogP) is 4.14. The Bertz CT molecular complexity index is 753. The quantitative estimate of drug-likeness (QED) is 0.801. The van der Waals surface area contributed by atoms with Crippen LogP contribution >= 0.6 is 12.6 Å². The number of H-pyrrole nitrogens is 1. The molecule has 0 radical (unpaired) electrons. The molecule has 1 N–H and O–H groups in total. The molecular weight excluding hydrogens is 316 g/mol. The second kappa shape index (κ2) is 6.57. The Hall–Kier alpha value is -1.26. The summed E-state index contributed by atoms with van der Waals surface area (Å²) >= 11 is 3.96. The number of likely N-dealkylation sites (tertiary alicyclic amines) is 1. The molecule has 1 aliphatic heterocycles. The van der Waals surface area contributed by atoms with Gasteiger partial charge in [0, 0.05) is 42.0 Å². The third kappa shape index (κ3) is 2.80. The van der Waals surface area contributed by atoms with Gasteiger partial charge in [0.05, 0.1) is 0 Å². The molecule has 3 nitrogen and oxygen atoms in total. The van der Waals surface area contributed by atoms with E-state index in [1.54, 1.807) is 0 Å². The number of aromatic nitrogens is 1. The molecule has 128 valence electrons. The highest BCUT2D eigenvalue weighted by molar-refractivity contribution is 7.96. The first-order chi connectivity index (χ1) is 11.7. The molecular formula is C20H26N2OS. The number of nitrogens with zero attached hydrogens (tertiary/aromatic N) is 1. The number of carbonyl (C=O) groups excluding carboxylic acids is 1. The predicted molar refractivity (Wildman–Crippen MR) is 102 cm³/mol. The molecule has 4 rings (SSSR count). The van der Waals surface area contributed by atoms with E-state index in [1.165, 1.54) is 34.9 Å². The third-order valence-electron chi connectivity index (χ3n) is 5.94. The maximum atomic E-state index is 11.3. The van der Waals surface area contributed by atoms with Crippen LogP contribution in [-0.2, 0) is 11.2 Å². The van der Waals surface area contributed by atoms with Gasteiger partial charge in [-0.1, -0.05) is 19.1 Å². The Kier molecular flexibility index (Phi) is 4.44. The van der Waals surface area contributed by atoms with Gasteiger partial charge in [-0.3, -0.25) is 9.69 Å². The van der Waals surface area contributed by atoms with Gasteiger partial charge in [-0.2, -0.15) is 0 Å². The molecule has 2 aliphatic rings. The molecule has 1 aliphatic carbocycles. The Balaban J connectivity index is 1.68. The summed E-state index contributed by atoms with van der Waals surface area (Å²) in [4.78, 5) is 17.5. The van der Waals surface area contributed by atoms with Crippen molar-refractivity contribution in [3.05, 3.63) is 35.5 Å². The highest BCUT2D eigenvalue weighted by atomic mass is 32.1. The van der Waals surface area contributed by atoms with Crippen LogP contribution in [0.25, 0.3) is 10.9 Å². The SMILES string of the molecule is CCCN1CC(CCC(=O)S)C[C@@H]2c3cccc4[nH]cc(c34)C[C@H]21. The zero-order valence-corrected chi connectivity index (χ0v) is 15.2. The highest BCUT2D eigenvalue weighted by Gasteiger charge is 2.40. The molecule has 0 saturated carbocycles. The summed E-state index contributed by atoms with van der Waals surface area (Å²) < 4.78 is 0. The smallest absolute Gasteiger partial charge is 0.185 e. The van der Waals surface area contributed by atoms with Crippen molar-refractivity contribution in [3.8, 4) is 0 Å². The number of rotatable bonds is 5. The van der Waals surface area contributed by atoms with Gasteiger partial charge in [0.2, 0.25) is 0 Å². The molecule has 0 bridgehead atoms. The maximum Gasteiger partial charge on any atom is 0.185 e. The van der Waals surface area contributed by atoms with Crippen molar-refractivity contribution >= 4 is 28.6 Å². The van der Waals surface area contributed by atoms with E-state index in [0.29, 0.717) is 24.3 Å². The monoisotopic (exact) mass is 342 g/mol. The summed E-state index contributed by atoms with van der Waals surface area (Å²) in [7, 11) is 0. The molecule has 3 atom stereocenters. The number of fused-ring (bicyclic) bond motifs is 2. The minimum Gasteiger partial charge on any atom is -0.361 e. The standard InChI is InChI=1S/C20H26N2OS/c1-2-8-22-12-13(6-7-19(23)24)9-16-15-4-3-5-17-20(15)14(11-21-17)10-18(16)22/h3-5,11,13,16,18,21H,2,6-10,12H2,1H3,(H,23,24)/t13?,16-,18-/m1/s1. The Morgan fingerprint density at radius 1 is 1.42 bits per heavy atom. The minimum atomic E-state index is 0.0258. The second-order valence-electron chi connectivity index (χ2n) is 7.49. The number of carbonyl (C=O) groups is 1. The number of hydrogen-bond donors (Lipinski definition) is 2. The van der Waals surface area contributed by atoms with Crippen LogP contribution in [0.2, 0.25) is 0 Å². The fourth-order valence-electron chi connectivity index (χ4n) is 4.98. The lowest BCUT2D eigenvalue weighted by Gasteiger charge is -2.47. The molecule has 2 aromatic rings. The van der Waals surface area contributed by atoms with Crippen molar-refractivity contribution in [3.63, 3.8) is 0 Å². The molecule has 24 heavy (non-hydrogen) atoms. The van der Waals surface area contributed by atoms with Crippen molar-refractivity contribution in [1.29, 1.82) is 0 Å². The summed E-state index contributed by atoms with van der Waals surface area (Å²) in [6.45, 7) is 4.55. The summed E-state index contributed by atoms with van der Waals surface area (Å²) in [6, 6.07) is 7.31. The molecule has 1 saturated heterocycles. The number of benzene rings is 1. The van der Waals surface area contributed by atoms with Crippen LogP contribution in [0, 0.1) is 5.92 Å². The molecule has 2 heterocycles. The zero-order chi connectivity index (χ0) is 16.7. The van der Waals surface area contributed by atoms with Gasteiger partial charge in [0.1, 0.15) is 0 Å². The van der Waals surface area contributed by atoms with E-state index in [1.807, 2.05) is 0 Å². The number of nitrogens with one attached hydrogen (secondary N) is 1. The van der Waals surface area contributed by atoms with E-state index < -0.39 is 0 Å². The van der Waals surface area contributed by atoms with Crippen LogP contribution in [0.15, 0.2) is 24.4 Å². The van der Waals surface area contributed by atoms with Gasteiger partial charge in [-0.25, -0.2) is 0 Å². The average molecular weight is 343 g/mol. The second-order valence-corrected chi connectivity index (χ2v) is 7.99. The lowest BCUT2D eigenvalue weighted by Crippen LogP contribution is -2.50. The van der Waals surface area contributed by atoms with E-state index in [0.717, 1.165) is 25.9 Å². The van der Waals surface area contributed by atoms with Gasteiger partial charge in [-0.15, -0.1) is 12.6 Å². The third-order valence-corrected chi connectivity index (χ3v) is 6.16. The van der Waals surface area contributed by atoms with Crippen molar-refractivity contribution in [1.82, 2.24) is 9.88 Å². The summed E-state index contributed by atoms with van der Waals surface area (Å²) in [6.07, 6.45) is 7.33. The zero-order valence-electron chi connectivity index (χ0n) is 14.3. The fraction of sp³-hybridized carbons (Fsp3) is 0.550. The Morgan fingerprint density at radius 3 is 3.08 bits per heavy atom.